The van der Waals surface area contributed by atoms with Crippen molar-refractivity contribution in [1.29, 1.82) is 0 Å². The van der Waals surface area contributed by atoms with Crippen LogP contribution in [0.25, 0.3) is 0 Å². The summed E-state index contributed by atoms with van der Waals surface area (Å²) in [5.74, 6) is 0.527. The topological polar surface area (TPSA) is 22.1 Å². The number of ether oxygens (including phenoxy) is 1. The van der Waals surface area contributed by atoms with Gasteiger partial charge in [-0.15, -0.1) is 0 Å². The number of pyridine rings is 1. The van der Waals surface area contributed by atoms with E-state index in [1.54, 1.807) is 7.85 Å². The minimum Gasteiger partial charge on any atom is -0.496 e. The summed E-state index contributed by atoms with van der Waals surface area (Å²) in [6.45, 7) is 0. The first-order chi connectivity index (χ1) is 5.65. The Bertz CT molecular complexity index is 280. The van der Waals surface area contributed by atoms with E-state index < -0.39 is 6.43 Å². The highest BCUT2D eigenvalue weighted by Crippen LogP contribution is 2.16. The van der Waals surface area contributed by atoms with Crippen LogP contribution in [0.4, 0.5) is 8.78 Å². The number of nitrogens with zero attached hydrogens (tertiary/aromatic N) is 1. The summed E-state index contributed by atoms with van der Waals surface area (Å²) in [5, 5.41) is 0. The summed E-state index contributed by atoms with van der Waals surface area (Å²) in [7, 11) is 3.18. The Hall–Kier alpha value is -1.13. The number of halogens is 2. The molecule has 1 aromatic rings. The Morgan fingerprint density at radius 1 is 1.58 bits per heavy atom. The third-order valence-electron chi connectivity index (χ3n) is 1.53. The maximum Gasteiger partial charge on any atom is 0.280 e. The van der Waals surface area contributed by atoms with E-state index in [9.17, 15) is 8.78 Å². The van der Waals surface area contributed by atoms with Gasteiger partial charge in [0.15, 0.2) is 0 Å². The molecule has 0 bridgehead atoms. The van der Waals surface area contributed by atoms with Crippen LogP contribution in [0.15, 0.2) is 12.3 Å². The predicted molar refractivity (Wildman–Crippen MR) is 43.9 cm³/mol. The van der Waals surface area contributed by atoms with E-state index in [1.807, 2.05) is 0 Å². The summed E-state index contributed by atoms with van der Waals surface area (Å²) in [6, 6.07) is 1.32. The molecular weight excluding hydrogens is 163 g/mol. The van der Waals surface area contributed by atoms with Crippen molar-refractivity contribution < 1.29 is 13.5 Å². The molecule has 5 heteroatoms. The number of methoxy groups -OCH3 is 1. The zero-order chi connectivity index (χ0) is 9.14. The van der Waals surface area contributed by atoms with Gasteiger partial charge in [-0.2, -0.15) is 0 Å². The summed E-state index contributed by atoms with van der Waals surface area (Å²) in [5.41, 5.74) is 0.455. The summed E-state index contributed by atoms with van der Waals surface area (Å²) in [4.78, 5) is 3.53. The fourth-order valence-electron chi connectivity index (χ4n) is 0.898. The first-order valence-electron chi connectivity index (χ1n) is 3.44. The molecule has 0 aromatic carbocycles. The Balaban J connectivity index is 3.02. The van der Waals surface area contributed by atoms with Crippen molar-refractivity contribution in [3.8, 4) is 5.75 Å². The molecule has 2 nitrogen and oxygen atoms in total. The van der Waals surface area contributed by atoms with E-state index in [0.717, 1.165) is 0 Å². The van der Waals surface area contributed by atoms with Gasteiger partial charge in [0.2, 0.25) is 0 Å². The first-order valence-corrected chi connectivity index (χ1v) is 3.44. The van der Waals surface area contributed by atoms with E-state index in [-0.39, 0.29) is 5.69 Å². The second kappa shape index (κ2) is 3.52. The number of hydrogen-bond donors (Lipinski definition) is 0. The van der Waals surface area contributed by atoms with Crippen LogP contribution in [0.5, 0.6) is 5.75 Å². The molecule has 0 aliphatic carbocycles. The van der Waals surface area contributed by atoms with Gasteiger partial charge in [0.05, 0.1) is 13.3 Å². The molecule has 0 saturated carbocycles. The molecule has 1 rings (SSSR count). The van der Waals surface area contributed by atoms with Gasteiger partial charge in [-0.05, 0) is 11.5 Å². The molecule has 1 heterocycles. The van der Waals surface area contributed by atoms with Gasteiger partial charge in [-0.3, -0.25) is 4.98 Å². The third kappa shape index (κ3) is 1.72. The summed E-state index contributed by atoms with van der Waals surface area (Å²) < 4.78 is 29.0. The second-order valence-corrected chi connectivity index (χ2v) is 2.38. The average Bonchev–Trinajstić information content (AvgIpc) is 2.04. The van der Waals surface area contributed by atoms with Crippen LogP contribution in [-0.4, -0.2) is 19.9 Å². The molecule has 0 amide bonds. The van der Waals surface area contributed by atoms with Gasteiger partial charge >= 0.3 is 0 Å². The van der Waals surface area contributed by atoms with Crippen LogP contribution in [0, 0.1) is 0 Å². The van der Waals surface area contributed by atoms with Crippen molar-refractivity contribution in [2.24, 2.45) is 0 Å². The van der Waals surface area contributed by atoms with E-state index in [4.69, 9.17) is 4.74 Å². The van der Waals surface area contributed by atoms with Crippen LogP contribution < -0.4 is 10.2 Å². The standard InChI is InChI=1S/C7H8BF2NO/c1-12-6-3-11-5(7(9)10)2-4(6)8/h2-3,7H,8H2,1H3. The lowest BCUT2D eigenvalue weighted by Gasteiger charge is -2.05. The average molecular weight is 171 g/mol. The maximum absolute atomic E-state index is 12.1. The largest absolute Gasteiger partial charge is 0.496 e. The molecule has 0 aliphatic rings. The number of aromatic nitrogens is 1. The Morgan fingerprint density at radius 3 is 2.67 bits per heavy atom. The predicted octanol–water partition coefficient (Wildman–Crippen LogP) is 0.286. The normalized spacial score (nSPS) is 10.3. The molecule has 0 N–H and O–H groups in total. The molecule has 0 unspecified atom stereocenters. The van der Waals surface area contributed by atoms with Crippen molar-refractivity contribution in [2.75, 3.05) is 7.11 Å². The lowest BCUT2D eigenvalue weighted by Crippen LogP contribution is -2.09. The highest BCUT2D eigenvalue weighted by Gasteiger charge is 2.09. The second-order valence-electron chi connectivity index (χ2n) is 2.38. The van der Waals surface area contributed by atoms with E-state index in [0.29, 0.717) is 11.2 Å². The van der Waals surface area contributed by atoms with Gasteiger partial charge in [-0.25, -0.2) is 8.78 Å². The lowest BCUT2D eigenvalue weighted by molar-refractivity contribution is 0.146. The van der Waals surface area contributed by atoms with Gasteiger partial charge < -0.3 is 4.74 Å². The first kappa shape index (κ1) is 8.97. The lowest BCUT2D eigenvalue weighted by atomic mass is 9.95. The van der Waals surface area contributed by atoms with Crippen LogP contribution in [-0.2, 0) is 0 Å². The molecule has 0 spiro atoms. The minimum absolute atomic E-state index is 0.215. The summed E-state index contributed by atoms with van der Waals surface area (Å²) >= 11 is 0. The van der Waals surface area contributed by atoms with Crippen LogP contribution >= 0.6 is 0 Å². The number of alkyl halides is 2. The zero-order valence-corrected chi connectivity index (χ0v) is 6.84. The van der Waals surface area contributed by atoms with Gasteiger partial charge in [0.25, 0.3) is 6.43 Å². The Labute approximate surface area is 70.0 Å². The fourth-order valence-corrected chi connectivity index (χ4v) is 0.898. The van der Waals surface area contributed by atoms with E-state index in [2.05, 4.69) is 4.98 Å². The fraction of sp³-hybridized carbons (Fsp3) is 0.286. The maximum atomic E-state index is 12.1. The Morgan fingerprint density at radius 2 is 2.25 bits per heavy atom. The molecule has 0 aliphatic heterocycles. The quantitative estimate of drug-likeness (QED) is 0.596. The molecule has 12 heavy (non-hydrogen) atoms. The minimum atomic E-state index is -2.52. The molecule has 0 atom stereocenters. The smallest absolute Gasteiger partial charge is 0.280 e. The monoisotopic (exact) mass is 171 g/mol. The van der Waals surface area contributed by atoms with Crippen molar-refractivity contribution in [3.05, 3.63) is 18.0 Å². The zero-order valence-electron chi connectivity index (χ0n) is 6.84. The highest BCUT2D eigenvalue weighted by molar-refractivity contribution is 6.34. The van der Waals surface area contributed by atoms with Crippen molar-refractivity contribution in [2.45, 2.75) is 6.43 Å². The number of rotatable bonds is 2. The molecular formula is C7H8BF2NO. The molecule has 1 aromatic heterocycles. The summed E-state index contributed by atoms with van der Waals surface area (Å²) in [6.07, 6.45) is -1.22. The molecule has 0 fully saturated rings. The Kier molecular flexibility index (Phi) is 2.63. The van der Waals surface area contributed by atoms with Crippen LogP contribution in [0.3, 0.4) is 0 Å². The van der Waals surface area contributed by atoms with Crippen molar-refractivity contribution >= 4 is 13.3 Å². The van der Waals surface area contributed by atoms with Gasteiger partial charge in [0, 0.05) is 0 Å². The molecule has 0 radical (unpaired) electrons. The number of hydrogen-bond acceptors (Lipinski definition) is 2. The highest BCUT2D eigenvalue weighted by atomic mass is 19.3. The van der Waals surface area contributed by atoms with Crippen molar-refractivity contribution in [1.82, 2.24) is 4.98 Å². The molecule has 64 valence electrons. The van der Waals surface area contributed by atoms with Gasteiger partial charge in [0.1, 0.15) is 19.3 Å². The van der Waals surface area contributed by atoms with Crippen molar-refractivity contribution in [3.63, 3.8) is 0 Å². The SMILES string of the molecule is Bc1cc(C(F)F)ncc1OC. The van der Waals surface area contributed by atoms with E-state index in [1.165, 1.54) is 19.4 Å². The van der Waals surface area contributed by atoms with Crippen LogP contribution in [0.1, 0.15) is 12.1 Å². The molecule has 0 saturated heterocycles. The van der Waals surface area contributed by atoms with Crippen LogP contribution in [0.2, 0.25) is 0 Å². The van der Waals surface area contributed by atoms with E-state index >= 15 is 0 Å². The van der Waals surface area contributed by atoms with Gasteiger partial charge in [-0.1, -0.05) is 0 Å². The third-order valence-corrected chi connectivity index (χ3v) is 1.53.